The fraction of sp³-hybridized carbons (Fsp3) is 0.464. The second-order valence-corrected chi connectivity index (χ2v) is 10.0. The van der Waals surface area contributed by atoms with E-state index in [2.05, 4.69) is 28.8 Å². The van der Waals surface area contributed by atoms with Crippen LogP contribution in [0.4, 0.5) is 11.8 Å². The zero-order valence-corrected chi connectivity index (χ0v) is 20.9. The van der Waals surface area contributed by atoms with E-state index in [1.165, 1.54) is 11.1 Å². The number of amides is 1. The first-order valence-electron chi connectivity index (χ1n) is 12.7. The van der Waals surface area contributed by atoms with Crippen LogP contribution in [0.1, 0.15) is 55.6 Å². The van der Waals surface area contributed by atoms with Crippen molar-refractivity contribution in [2.75, 3.05) is 31.4 Å². The number of fused-ring (bicyclic) bond motifs is 2. The Balaban J connectivity index is 1.14. The Bertz CT molecular complexity index is 1200. The molecule has 1 aromatic heterocycles. The highest BCUT2D eigenvalue weighted by Crippen LogP contribution is 2.37. The Morgan fingerprint density at radius 1 is 1.03 bits per heavy atom. The van der Waals surface area contributed by atoms with Gasteiger partial charge in [0, 0.05) is 38.0 Å². The van der Waals surface area contributed by atoms with Gasteiger partial charge in [0.1, 0.15) is 11.6 Å². The van der Waals surface area contributed by atoms with Gasteiger partial charge in [-0.15, -0.1) is 0 Å². The summed E-state index contributed by atoms with van der Waals surface area (Å²) < 4.78 is 5.39. The molecule has 1 amide bonds. The van der Waals surface area contributed by atoms with Crippen molar-refractivity contribution in [1.82, 2.24) is 15.3 Å². The number of aryl methyl sites for hydroxylation is 1. The van der Waals surface area contributed by atoms with E-state index in [4.69, 9.17) is 14.7 Å². The molecule has 7 nitrogen and oxygen atoms in total. The van der Waals surface area contributed by atoms with Crippen LogP contribution < -0.4 is 20.3 Å². The molecule has 2 aromatic carbocycles. The molecule has 0 aliphatic heterocycles. The van der Waals surface area contributed by atoms with Crippen molar-refractivity contribution in [3.8, 4) is 5.75 Å². The van der Waals surface area contributed by atoms with Crippen molar-refractivity contribution >= 4 is 28.6 Å². The van der Waals surface area contributed by atoms with Crippen molar-refractivity contribution in [3.05, 3.63) is 53.6 Å². The van der Waals surface area contributed by atoms with E-state index in [0.29, 0.717) is 18.4 Å². The molecule has 2 N–H and O–H groups in total. The first-order valence-corrected chi connectivity index (χ1v) is 12.7. The SMILES string of the molecule is COc1ccc2c(c1)C(CC(=O)NC1CCC(Nc3nc(N(C)C)c4ccccc4n3)CC1)CC2. The lowest BCUT2D eigenvalue weighted by Crippen LogP contribution is -2.40. The monoisotopic (exact) mass is 473 g/mol. The van der Waals surface area contributed by atoms with Crippen LogP contribution in [0.3, 0.4) is 0 Å². The average molecular weight is 474 g/mol. The summed E-state index contributed by atoms with van der Waals surface area (Å²) >= 11 is 0. The fourth-order valence-electron chi connectivity index (χ4n) is 5.55. The third kappa shape index (κ3) is 5.19. The van der Waals surface area contributed by atoms with Crippen molar-refractivity contribution in [1.29, 1.82) is 0 Å². The summed E-state index contributed by atoms with van der Waals surface area (Å²) in [7, 11) is 5.71. The lowest BCUT2D eigenvalue weighted by molar-refractivity contribution is -0.122. The van der Waals surface area contributed by atoms with E-state index in [-0.39, 0.29) is 17.9 Å². The van der Waals surface area contributed by atoms with Gasteiger partial charge in [-0.25, -0.2) is 4.98 Å². The third-order valence-electron chi connectivity index (χ3n) is 7.42. The zero-order chi connectivity index (χ0) is 24.4. The summed E-state index contributed by atoms with van der Waals surface area (Å²) in [5.74, 6) is 2.92. The van der Waals surface area contributed by atoms with Gasteiger partial charge in [-0.05, 0) is 79.8 Å². The molecule has 35 heavy (non-hydrogen) atoms. The fourth-order valence-corrected chi connectivity index (χ4v) is 5.55. The van der Waals surface area contributed by atoms with E-state index in [9.17, 15) is 4.79 Å². The largest absolute Gasteiger partial charge is 0.497 e. The highest BCUT2D eigenvalue weighted by atomic mass is 16.5. The number of hydrogen-bond donors (Lipinski definition) is 2. The molecular weight excluding hydrogens is 438 g/mol. The number of ether oxygens (including phenoxy) is 1. The van der Waals surface area contributed by atoms with Gasteiger partial charge in [0.05, 0.1) is 12.6 Å². The molecule has 1 atom stereocenters. The zero-order valence-electron chi connectivity index (χ0n) is 20.9. The van der Waals surface area contributed by atoms with E-state index < -0.39 is 0 Å². The van der Waals surface area contributed by atoms with Crippen molar-refractivity contribution < 1.29 is 9.53 Å². The Hall–Kier alpha value is -3.35. The Kier molecular flexibility index (Phi) is 6.75. The lowest BCUT2D eigenvalue weighted by atomic mass is 9.90. The molecule has 7 heteroatoms. The number of para-hydroxylation sites is 1. The van der Waals surface area contributed by atoms with Gasteiger partial charge >= 0.3 is 0 Å². The minimum absolute atomic E-state index is 0.163. The van der Waals surface area contributed by atoms with Crippen LogP contribution in [0.5, 0.6) is 5.75 Å². The van der Waals surface area contributed by atoms with E-state index >= 15 is 0 Å². The second-order valence-electron chi connectivity index (χ2n) is 10.0. The number of anilines is 2. The first-order chi connectivity index (χ1) is 17.0. The van der Waals surface area contributed by atoms with Crippen LogP contribution in [0.2, 0.25) is 0 Å². The topological polar surface area (TPSA) is 79.4 Å². The van der Waals surface area contributed by atoms with Gasteiger partial charge in [0.25, 0.3) is 0 Å². The highest BCUT2D eigenvalue weighted by Gasteiger charge is 2.28. The summed E-state index contributed by atoms with van der Waals surface area (Å²) in [5.41, 5.74) is 3.57. The maximum absolute atomic E-state index is 12.8. The smallest absolute Gasteiger partial charge is 0.225 e. The van der Waals surface area contributed by atoms with Crippen molar-refractivity contribution in [2.45, 2.75) is 62.9 Å². The molecule has 1 heterocycles. The van der Waals surface area contributed by atoms with Gasteiger partial charge in [0.15, 0.2) is 0 Å². The summed E-state index contributed by atoms with van der Waals surface area (Å²) in [6.45, 7) is 0. The maximum Gasteiger partial charge on any atom is 0.225 e. The molecule has 3 aromatic rings. The normalized spacial score (nSPS) is 21.4. The van der Waals surface area contributed by atoms with E-state index in [1.807, 2.05) is 43.3 Å². The van der Waals surface area contributed by atoms with Gasteiger partial charge in [-0.1, -0.05) is 18.2 Å². The van der Waals surface area contributed by atoms with Crippen LogP contribution in [0, 0.1) is 0 Å². The lowest BCUT2D eigenvalue weighted by Gasteiger charge is -2.30. The average Bonchev–Trinajstić information content (AvgIpc) is 3.26. The van der Waals surface area contributed by atoms with E-state index in [0.717, 1.165) is 61.0 Å². The van der Waals surface area contributed by atoms with Crippen molar-refractivity contribution in [2.24, 2.45) is 0 Å². The highest BCUT2D eigenvalue weighted by molar-refractivity contribution is 5.90. The molecular formula is C28H35N5O2. The van der Waals surface area contributed by atoms with Crippen LogP contribution in [-0.4, -0.2) is 49.2 Å². The predicted molar refractivity (Wildman–Crippen MR) is 140 cm³/mol. The number of nitrogens with one attached hydrogen (secondary N) is 2. The molecule has 184 valence electrons. The minimum Gasteiger partial charge on any atom is -0.497 e. The Morgan fingerprint density at radius 2 is 1.80 bits per heavy atom. The summed E-state index contributed by atoms with van der Waals surface area (Å²) in [4.78, 5) is 24.4. The molecule has 0 spiro atoms. The van der Waals surface area contributed by atoms with E-state index in [1.54, 1.807) is 7.11 Å². The second kappa shape index (κ2) is 10.1. The van der Waals surface area contributed by atoms with Gasteiger partial charge in [0.2, 0.25) is 11.9 Å². The Labute approximate surface area is 207 Å². The number of benzene rings is 2. The minimum atomic E-state index is 0.163. The Morgan fingerprint density at radius 3 is 2.57 bits per heavy atom. The molecule has 1 unspecified atom stereocenters. The molecule has 2 aliphatic rings. The number of carbonyl (C=O) groups is 1. The molecule has 5 rings (SSSR count). The maximum atomic E-state index is 12.8. The number of methoxy groups -OCH3 is 1. The van der Waals surface area contributed by atoms with Gasteiger partial charge in [-0.2, -0.15) is 4.98 Å². The van der Waals surface area contributed by atoms with Crippen LogP contribution >= 0.6 is 0 Å². The number of carbonyl (C=O) groups excluding carboxylic acids is 1. The molecule has 1 saturated carbocycles. The number of nitrogens with zero attached hydrogens (tertiary/aromatic N) is 3. The quantitative estimate of drug-likeness (QED) is 0.519. The van der Waals surface area contributed by atoms with Gasteiger partial charge in [-0.3, -0.25) is 4.79 Å². The number of rotatable bonds is 7. The molecule has 1 fully saturated rings. The summed E-state index contributed by atoms with van der Waals surface area (Å²) in [6.07, 6.45) is 6.54. The van der Waals surface area contributed by atoms with Crippen LogP contribution in [-0.2, 0) is 11.2 Å². The molecule has 0 radical (unpaired) electrons. The first kappa shape index (κ1) is 23.4. The van der Waals surface area contributed by atoms with Crippen LogP contribution in [0.25, 0.3) is 10.9 Å². The van der Waals surface area contributed by atoms with Crippen LogP contribution in [0.15, 0.2) is 42.5 Å². The molecule has 0 bridgehead atoms. The van der Waals surface area contributed by atoms with Gasteiger partial charge < -0.3 is 20.3 Å². The number of aromatic nitrogens is 2. The van der Waals surface area contributed by atoms with Crippen molar-refractivity contribution in [3.63, 3.8) is 0 Å². The molecule has 0 saturated heterocycles. The molecule has 2 aliphatic carbocycles. The standard InChI is InChI=1S/C28H35N5O2/c1-33(2)27-23-6-4-5-7-25(23)31-28(32-27)30-21-13-11-20(12-14-21)29-26(34)16-19-9-8-18-10-15-22(35-3)17-24(18)19/h4-7,10,15,17,19-21H,8-9,11-14,16H2,1-3H3,(H,29,34)(H,30,31,32). The summed E-state index contributed by atoms with van der Waals surface area (Å²) in [6, 6.07) is 14.9. The number of hydrogen-bond acceptors (Lipinski definition) is 6. The predicted octanol–water partition coefficient (Wildman–Crippen LogP) is 4.66. The third-order valence-corrected chi connectivity index (χ3v) is 7.42. The summed E-state index contributed by atoms with van der Waals surface area (Å²) in [5, 5.41) is 7.90.